The Morgan fingerprint density at radius 3 is 2.56 bits per heavy atom. The average molecular weight is 577 g/mol. The first-order valence-electron chi connectivity index (χ1n) is 15.4. The fourth-order valence-corrected chi connectivity index (χ4v) is 5.73. The molecule has 2 aliphatic heterocycles. The molecule has 2 heterocycles. The van der Waals surface area contributed by atoms with Gasteiger partial charge in [0.25, 0.3) is 0 Å². The van der Waals surface area contributed by atoms with Crippen molar-refractivity contribution in [3.63, 3.8) is 0 Å². The third-order valence-corrected chi connectivity index (χ3v) is 7.94. The first-order chi connectivity index (χ1) is 20.0. The van der Waals surface area contributed by atoms with Gasteiger partial charge in [-0.15, -0.1) is 0 Å². The van der Waals surface area contributed by atoms with Crippen LogP contribution < -0.4 is 4.74 Å². The van der Waals surface area contributed by atoms with Crippen LogP contribution in [-0.2, 0) is 28.5 Å². The predicted molar refractivity (Wildman–Crippen MR) is 153 cm³/mol. The summed E-state index contributed by atoms with van der Waals surface area (Å²) in [6.45, 7) is 3.98. The summed E-state index contributed by atoms with van der Waals surface area (Å²) in [5.41, 5.74) is 1.12. The molecule has 41 heavy (non-hydrogen) atoms. The van der Waals surface area contributed by atoms with Crippen molar-refractivity contribution in [1.82, 2.24) is 0 Å². The highest BCUT2D eigenvalue weighted by atomic mass is 16.7. The van der Waals surface area contributed by atoms with E-state index in [1.807, 2.05) is 43.3 Å². The van der Waals surface area contributed by atoms with E-state index < -0.39 is 12.1 Å². The number of rotatable bonds is 16. The monoisotopic (exact) mass is 576 g/mol. The molecular formula is C32H48O9. The molecule has 7 atom stereocenters. The van der Waals surface area contributed by atoms with Crippen molar-refractivity contribution in [2.75, 3.05) is 26.4 Å². The van der Waals surface area contributed by atoms with Crippen molar-refractivity contribution < 1.29 is 43.4 Å². The van der Waals surface area contributed by atoms with Gasteiger partial charge >= 0.3 is 5.97 Å². The SMILES string of the molecule is Cc1cccc(OCC(COC2C(OC3CCCCO3)CC(O)C2CC=CCCCC(=O)O)OC2CCCCO2)c1. The van der Waals surface area contributed by atoms with Crippen LogP contribution in [0.1, 0.15) is 76.2 Å². The van der Waals surface area contributed by atoms with Gasteiger partial charge in [-0.3, -0.25) is 4.79 Å². The number of allylic oxidation sites excluding steroid dienone is 2. The number of carboxylic acids is 1. The Labute approximate surface area is 244 Å². The van der Waals surface area contributed by atoms with Crippen molar-refractivity contribution >= 4 is 5.97 Å². The number of unbranched alkanes of at least 4 members (excludes halogenated alkanes) is 1. The summed E-state index contributed by atoms with van der Waals surface area (Å²) in [7, 11) is 0. The number of carbonyl (C=O) groups is 1. The summed E-state index contributed by atoms with van der Waals surface area (Å²) in [5.74, 6) is -0.172. The average Bonchev–Trinajstić information content (AvgIpc) is 3.26. The number of aliphatic hydroxyl groups is 1. The minimum atomic E-state index is -0.787. The molecule has 230 valence electrons. The van der Waals surface area contributed by atoms with Crippen molar-refractivity contribution in [3.8, 4) is 5.75 Å². The van der Waals surface area contributed by atoms with E-state index in [1.165, 1.54) is 0 Å². The number of carboxylic acid groups (broad SMARTS) is 1. The quantitative estimate of drug-likeness (QED) is 0.203. The largest absolute Gasteiger partial charge is 0.491 e. The van der Waals surface area contributed by atoms with Gasteiger partial charge in [0.05, 0.1) is 24.9 Å². The van der Waals surface area contributed by atoms with Crippen LogP contribution in [0.15, 0.2) is 36.4 Å². The topological polar surface area (TPSA) is 113 Å². The van der Waals surface area contributed by atoms with Gasteiger partial charge in [-0.05, 0) is 82.4 Å². The normalized spacial score (nSPS) is 29.5. The number of benzene rings is 1. The van der Waals surface area contributed by atoms with Crippen LogP contribution in [0.2, 0.25) is 0 Å². The lowest BCUT2D eigenvalue weighted by Gasteiger charge is -2.32. The van der Waals surface area contributed by atoms with Gasteiger partial charge in [0.1, 0.15) is 18.5 Å². The van der Waals surface area contributed by atoms with Crippen LogP contribution in [0.3, 0.4) is 0 Å². The van der Waals surface area contributed by atoms with Crippen LogP contribution in [0.5, 0.6) is 5.75 Å². The number of aliphatic hydroxyl groups excluding tert-OH is 1. The third-order valence-electron chi connectivity index (χ3n) is 7.94. The highest BCUT2D eigenvalue weighted by molar-refractivity contribution is 5.66. The summed E-state index contributed by atoms with van der Waals surface area (Å²) >= 11 is 0. The first-order valence-corrected chi connectivity index (χ1v) is 15.4. The lowest BCUT2D eigenvalue weighted by atomic mass is 9.98. The molecule has 0 radical (unpaired) electrons. The molecule has 0 bridgehead atoms. The Bertz CT molecular complexity index is 925. The second-order valence-electron chi connectivity index (χ2n) is 11.4. The Hall–Kier alpha value is -2.01. The van der Waals surface area contributed by atoms with E-state index in [2.05, 4.69) is 0 Å². The predicted octanol–water partition coefficient (Wildman–Crippen LogP) is 5.16. The number of aliphatic carboxylic acids is 1. The molecule has 9 nitrogen and oxygen atoms in total. The molecule has 3 aliphatic rings. The molecule has 2 saturated heterocycles. The molecule has 9 heteroatoms. The van der Waals surface area contributed by atoms with Crippen LogP contribution in [0.25, 0.3) is 0 Å². The summed E-state index contributed by atoms with van der Waals surface area (Å²) in [6, 6.07) is 7.93. The van der Waals surface area contributed by atoms with E-state index in [1.54, 1.807) is 0 Å². The fraction of sp³-hybridized carbons (Fsp3) is 0.719. The summed E-state index contributed by atoms with van der Waals surface area (Å²) < 4.78 is 37.1. The van der Waals surface area contributed by atoms with E-state index in [4.69, 9.17) is 33.5 Å². The van der Waals surface area contributed by atoms with E-state index in [0.29, 0.717) is 45.5 Å². The maximum Gasteiger partial charge on any atom is 0.303 e. The maximum atomic E-state index is 11.1. The zero-order valence-electron chi connectivity index (χ0n) is 24.4. The molecule has 0 spiro atoms. The van der Waals surface area contributed by atoms with Crippen molar-refractivity contribution in [3.05, 3.63) is 42.0 Å². The zero-order chi connectivity index (χ0) is 28.9. The lowest BCUT2D eigenvalue weighted by molar-refractivity contribution is -0.226. The van der Waals surface area contributed by atoms with E-state index in [9.17, 15) is 9.90 Å². The van der Waals surface area contributed by atoms with Gasteiger partial charge in [0.15, 0.2) is 12.6 Å². The van der Waals surface area contributed by atoms with Gasteiger partial charge in [-0.25, -0.2) is 0 Å². The Kier molecular flexibility index (Phi) is 13.4. The molecule has 2 N–H and O–H groups in total. The number of aryl methyl sites for hydroxylation is 1. The highest BCUT2D eigenvalue weighted by Crippen LogP contribution is 2.36. The molecule has 0 aromatic heterocycles. The molecular weight excluding hydrogens is 528 g/mol. The number of ether oxygens (including phenoxy) is 6. The summed E-state index contributed by atoms with van der Waals surface area (Å²) in [5, 5.41) is 19.9. The van der Waals surface area contributed by atoms with Gasteiger partial charge in [0, 0.05) is 32.0 Å². The van der Waals surface area contributed by atoms with Gasteiger partial charge < -0.3 is 38.6 Å². The van der Waals surface area contributed by atoms with Crippen LogP contribution in [0, 0.1) is 12.8 Å². The number of hydrogen-bond acceptors (Lipinski definition) is 8. The Balaban J connectivity index is 1.40. The van der Waals surface area contributed by atoms with Gasteiger partial charge in [0.2, 0.25) is 0 Å². The molecule has 1 saturated carbocycles. The molecule has 1 aliphatic carbocycles. The Morgan fingerprint density at radius 2 is 1.85 bits per heavy atom. The Morgan fingerprint density at radius 1 is 1.07 bits per heavy atom. The molecule has 3 fully saturated rings. The van der Waals surface area contributed by atoms with Crippen LogP contribution in [0.4, 0.5) is 0 Å². The summed E-state index contributed by atoms with van der Waals surface area (Å²) in [4.78, 5) is 10.8. The molecule has 1 aromatic rings. The molecule has 7 unspecified atom stereocenters. The maximum absolute atomic E-state index is 11.1. The molecule has 1 aromatic carbocycles. The minimum Gasteiger partial charge on any atom is -0.491 e. The third kappa shape index (κ3) is 11.0. The number of hydrogen-bond donors (Lipinski definition) is 2. The van der Waals surface area contributed by atoms with Crippen molar-refractivity contribution in [2.45, 2.75) is 115 Å². The summed E-state index contributed by atoms with van der Waals surface area (Å²) in [6.07, 6.45) is 10.2. The zero-order valence-corrected chi connectivity index (χ0v) is 24.4. The molecule has 0 amide bonds. The van der Waals surface area contributed by atoms with Crippen LogP contribution >= 0.6 is 0 Å². The fourth-order valence-electron chi connectivity index (χ4n) is 5.73. The second kappa shape index (κ2) is 17.2. The van der Waals surface area contributed by atoms with E-state index in [-0.39, 0.29) is 49.8 Å². The minimum absolute atomic E-state index is 0.149. The van der Waals surface area contributed by atoms with Crippen LogP contribution in [-0.4, -0.2) is 79.6 Å². The lowest BCUT2D eigenvalue weighted by Crippen LogP contribution is -2.40. The van der Waals surface area contributed by atoms with Gasteiger partial charge in [-0.2, -0.15) is 0 Å². The van der Waals surface area contributed by atoms with Crippen molar-refractivity contribution in [1.29, 1.82) is 0 Å². The smallest absolute Gasteiger partial charge is 0.303 e. The highest BCUT2D eigenvalue weighted by Gasteiger charge is 2.45. The van der Waals surface area contributed by atoms with Gasteiger partial charge in [-0.1, -0.05) is 24.3 Å². The van der Waals surface area contributed by atoms with Crippen molar-refractivity contribution in [2.24, 2.45) is 5.92 Å². The standard InChI is InChI=1S/C32H48O9/c1-23-11-10-12-24(19-23)38-21-25(40-30-15-6-8-17-36-30)22-39-32-26(13-4-2-3-5-14-29(34)35)27(33)20-28(32)41-31-16-7-9-18-37-31/h2,4,10-12,19,25-28,30-33H,3,5-9,13-18,20-22H2,1H3,(H,34,35). The first kappa shape index (κ1) is 31.9. The second-order valence-corrected chi connectivity index (χ2v) is 11.4. The van der Waals surface area contributed by atoms with E-state index in [0.717, 1.165) is 49.8 Å². The van der Waals surface area contributed by atoms with E-state index >= 15 is 0 Å². The molecule has 4 rings (SSSR count).